The number of rotatable bonds is 2. The average molecular weight is 186 g/mol. The highest BCUT2D eigenvalue weighted by Crippen LogP contribution is 2.16. The number of carboxylic acid groups (broad SMARTS) is 1. The summed E-state index contributed by atoms with van der Waals surface area (Å²) in [6, 6.07) is -0.904. The van der Waals surface area contributed by atoms with Gasteiger partial charge in [-0.2, -0.15) is 0 Å². The summed E-state index contributed by atoms with van der Waals surface area (Å²) < 4.78 is 0. The van der Waals surface area contributed by atoms with E-state index >= 15 is 0 Å². The second kappa shape index (κ2) is 4.11. The Balaban J connectivity index is 2.57. The second-order valence-corrected chi connectivity index (χ2v) is 3.03. The molecule has 1 rings (SSSR count). The monoisotopic (exact) mass is 186 g/mol. The number of carboxylic acids is 1. The number of aliphatic carboxylic acids is 1. The van der Waals surface area contributed by atoms with Gasteiger partial charge in [0.15, 0.2) is 0 Å². The molecule has 0 bridgehead atoms. The van der Waals surface area contributed by atoms with Crippen LogP contribution in [0.5, 0.6) is 0 Å². The first-order valence-electron chi connectivity index (χ1n) is 4.44. The van der Waals surface area contributed by atoms with Crippen LogP contribution in [0.15, 0.2) is 0 Å². The molecule has 5 nitrogen and oxygen atoms in total. The number of hydrogen-bond donors (Lipinski definition) is 2. The predicted octanol–water partition coefficient (Wildman–Crippen LogP) is 0.265. The topological polar surface area (TPSA) is 69.6 Å². The highest BCUT2D eigenvalue weighted by atomic mass is 16.4. The molecule has 0 radical (unpaired) electrons. The van der Waals surface area contributed by atoms with Crippen molar-refractivity contribution in [2.75, 3.05) is 13.1 Å². The highest BCUT2D eigenvalue weighted by Gasteiger charge is 2.33. The molecule has 0 aromatic heterocycles. The number of nitrogens with zero attached hydrogens (tertiary/aromatic N) is 1. The van der Waals surface area contributed by atoms with Gasteiger partial charge in [0.25, 0.3) is 0 Å². The maximum Gasteiger partial charge on any atom is 0.326 e. The Bertz CT molecular complexity index is 217. The van der Waals surface area contributed by atoms with Crippen molar-refractivity contribution in [3.63, 3.8) is 0 Å². The minimum Gasteiger partial charge on any atom is -0.480 e. The number of likely N-dealkylation sites (tertiary alicyclic amines) is 1. The summed E-state index contributed by atoms with van der Waals surface area (Å²) in [7, 11) is 0. The number of carbonyl (C=O) groups is 2. The fraction of sp³-hybridized carbons (Fsp3) is 0.750. The molecule has 74 valence electrons. The molecule has 0 saturated carbocycles. The van der Waals surface area contributed by atoms with E-state index in [0.717, 1.165) is 6.42 Å². The molecule has 0 spiro atoms. The third-order valence-corrected chi connectivity index (χ3v) is 2.13. The second-order valence-electron chi connectivity index (χ2n) is 3.03. The number of carbonyl (C=O) groups excluding carboxylic acids is 1. The van der Waals surface area contributed by atoms with Gasteiger partial charge >= 0.3 is 12.0 Å². The summed E-state index contributed by atoms with van der Waals surface area (Å²) in [5, 5.41) is 11.4. The van der Waals surface area contributed by atoms with Gasteiger partial charge in [-0.15, -0.1) is 0 Å². The fourth-order valence-corrected chi connectivity index (χ4v) is 1.52. The van der Waals surface area contributed by atoms with E-state index in [4.69, 9.17) is 5.11 Å². The lowest BCUT2D eigenvalue weighted by Crippen LogP contribution is -2.45. The van der Waals surface area contributed by atoms with E-state index in [9.17, 15) is 9.59 Å². The number of hydrogen-bond acceptors (Lipinski definition) is 2. The molecule has 13 heavy (non-hydrogen) atoms. The van der Waals surface area contributed by atoms with Crippen LogP contribution in [0.25, 0.3) is 0 Å². The molecular formula is C8H14N2O3. The van der Waals surface area contributed by atoms with Crippen molar-refractivity contribution in [2.45, 2.75) is 25.8 Å². The zero-order valence-electron chi connectivity index (χ0n) is 7.62. The standard InChI is InChI=1S/C8H14N2O3/c1-2-9-8(13)10-5-3-4-6(10)7(11)12/h6H,2-5H2,1H3,(H,9,13)(H,11,12)/t6-/m0/s1. The first-order valence-corrected chi connectivity index (χ1v) is 4.44. The van der Waals surface area contributed by atoms with Crippen molar-refractivity contribution in [2.24, 2.45) is 0 Å². The summed E-state index contributed by atoms with van der Waals surface area (Å²) in [6.07, 6.45) is 1.33. The van der Waals surface area contributed by atoms with Crippen molar-refractivity contribution in [3.05, 3.63) is 0 Å². The van der Waals surface area contributed by atoms with Gasteiger partial charge in [-0.1, -0.05) is 0 Å². The maximum atomic E-state index is 11.3. The summed E-state index contributed by atoms with van der Waals surface area (Å²) in [5.74, 6) is -0.913. The molecule has 1 saturated heterocycles. The smallest absolute Gasteiger partial charge is 0.326 e. The van der Waals surface area contributed by atoms with Gasteiger partial charge in [0, 0.05) is 13.1 Å². The Labute approximate surface area is 76.7 Å². The quantitative estimate of drug-likeness (QED) is 0.650. The van der Waals surface area contributed by atoms with Gasteiger partial charge in [0.1, 0.15) is 6.04 Å². The third-order valence-electron chi connectivity index (χ3n) is 2.13. The van der Waals surface area contributed by atoms with E-state index in [1.165, 1.54) is 4.90 Å². The van der Waals surface area contributed by atoms with E-state index in [-0.39, 0.29) is 6.03 Å². The molecule has 2 amide bonds. The first kappa shape index (κ1) is 9.83. The van der Waals surface area contributed by atoms with E-state index in [0.29, 0.717) is 19.5 Å². The van der Waals surface area contributed by atoms with Gasteiger partial charge in [-0.05, 0) is 19.8 Å². The van der Waals surface area contributed by atoms with Gasteiger partial charge < -0.3 is 15.3 Å². The molecule has 0 aliphatic carbocycles. The minimum absolute atomic E-state index is 0.271. The molecular weight excluding hydrogens is 172 g/mol. The van der Waals surface area contributed by atoms with Crippen molar-refractivity contribution in [1.82, 2.24) is 10.2 Å². The predicted molar refractivity (Wildman–Crippen MR) is 46.4 cm³/mol. The molecule has 1 heterocycles. The lowest BCUT2D eigenvalue weighted by Gasteiger charge is -2.21. The van der Waals surface area contributed by atoms with E-state index in [1.807, 2.05) is 6.92 Å². The summed E-state index contributed by atoms with van der Waals surface area (Å²) in [5.41, 5.74) is 0. The number of amides is 2. The number of urea groups is 1. The molecule has 5 heteroatoms. The van der Waals surface area contributed by atoms with Crippen LogP contribution in [0.2, 0.25) is 0 Å². The molecule has 1 aliphatic rings. The molecule has 1 fully saturated rings. The van der Waals surface area contributed by atoms with Crippen LogP contribution in [-0.4, -0.2) is 41.1 Å². The number of nitrogens with one attached hydrogen (secondary N) is 1. The largest absolute Gasteiger partial charge is 0.480 e. The average Bonchev–Trinajstić information content (AvgIpc) is 2.52. The van der Waals surface area contributed by atoms with Gasteiger partial charge in [0.2, 0.25) is 0 Å². The van der Waals surface area contributed by atoms with Gasteiger partial charge in [0.05, 0.1) is 0 Å². The van der Waals surface area contributed by atoms with Crippen LogP contribution >= 0.6 is 0 Å². The molecule has 0 aromatic rings. The molecule has 0 unspecified atom stereocenters. The van der Waals surface area contributed by atoms with E-state index < -0.39 is 12.0 Å². The third kappa shape index (κ3) is 2.11. The van der Waals surface area contributed by atoms with Gasteiger partial charge in [-0.3, -0.25) is 0 Å². The van der Waals surface area contributed by atoms with Crippen LogP contribution in [-0.2, 0) is 4.79 Å². The maximum absolute atomic E-state index is 11.3. The normalized spacial score (nSPS) is 21.6. The van der Waals surface area contributed by atoms with Gasteiger partial charge in [-0.25, -0.2) is 9.59 Å². The molecule has 1 atom stereocenters. The van der Waals surface area contributed by atoms with Crippen molar-refractivity contribution < 1.29 is 14.7 Å². The Hall–Kier alpha value is -1.26. The first-order chi connectivity index (χ1) is 6.16. The summed E-state index contributed by atoms with van der Waals surface area (Å²) >= 11 is 0. The molecule has 2 N–H and O–H groups in total. The zero-order valence-corrected chi connectivity index (χ0v) is 7.62. The van der Waals surface area contributed by atoms with E-state index in [2.05, 4.69) is 5.32 Å². The highest BCUT2D eigenvalue weighted by molar-refractivity contribution is 5.83. The van der Waals surface area contributed by atoms with Crippen LogP contribution in [0.3, 0.4) is 0 Å². The fourth-order valence-electron chi connectivity index (χ4n) is 1.52. The lowest BCUT2D eigenvalue weighted by molar-refractivity contribution is -0.141. The summed E-state index contributed by atoms with van der Waals surface area (Å²) in [6.45, 7) is 2.88. The van der Waals surface area contributed by atoms with Crippen molar-refractivity contribution in [3.8, 4) is 0 Å². The van der Waals surface area contributed by atoms with Crippen LogP contribution in [0.1, 0.15) is 19.8 Å². The Morgan fingerprint density at radius 3 is 2.85 bits per heavy atom. The molecule has 1 aliphatic heterocycles. The van der Waals surface area contributed by atoms with Crippen molar-refractivity contribution in [1.29, 1.82) is 0 Å². The van der Waals surface area contributed by atoms with Crippen LogP contribution in [0, 0.1) is 0 Å². The SMILES string of the molecule is CCNC(=O)N1CCC[C@H]1C(=O)O. The zero-order chi connectivity index (χ0) is 9.84. The Morgan fingerprint density at radius 1 is 1.62 bits per heavy atom. The minimum atomic E-state index is -0.913. The van der Waals surface area contributed by atoms with Crippen LogP contribution < -0.4 is 5.32 Å². The Morgan fingerprint density at radius 2 is 2.31 bits per heavy atom. The van der Waals surface area contributed by atoms with E-state index in [1.54, 1.807) is 0 Å². The van der Waals surface area contributed by atoms with Crippen molar-refractivity contribution >= 4 is 12.0 Å². The Kier molecular flexibility index (Phi) is 3.11. The van der Waals surface area contributed by atoms with Crippen LogP contribution in [0.4, 0.5) is 4.79 Å². The summed E-state index contributed by atoms with van der Waals surface area (Å²) in [4.78, 5) is 23.4. The molecule has 0 aromatic carbocycles. The lowest BCUT2D eigenvalue weighted by atomic mass is 10.2.